The quantitative estimate of drug-likeness (QED) is 0.273. The molecule has 11 heteroatoms. The summed E-state index contributed by atoms with van der Waals surface area (Å²) in [6, 6.07) is 3.15. The fourth-order valence-electron chi connectivity index (χ4n) is 3.62. The molecule has 32 heavy (non-hydrogen) atoms. The third-order valence-electron chi connectivity index (χ3n) is 5.34. The van der Waals surface area contributed by atoms with Gasteiger partial charge in [0.15, 0.2) is 23.3 Å². The van der Waals surface area contributed by atoms with Crippen molar-refractivity contribution in [2.75, 3.05) is 28.3 Å². The van der Waals surface area contributed by atoms with Crippen LogP contribution in [0.1, 0.15) is 13.3 Å². The lowest BCUT2D eigenvalue weighted by Gasteiger charge is -2.20. The number of nitrogens with one attached hydrogen (secondary N) is 2. The van der Waals surface area contributed by atoms with E-state index in [0.29, 0.717) is 11.4 Å². The van der Waals surface area contributed by atoms with Crippen LogP contribution in [-0.2, 0) is 4.79 Å². The molecular weight excluding hydrogens is 423 g/mol. The van der Waals surface area contributed by atoms with E-state index in [1.165, 1.54) is 18.5 Å². The number of carbonyl (C=O) groups excluding carboxylic acids is 1. The van der Waals surface area contributed by atoms with Crippen LogP contribution >= 0.6 is 0 Å². The van der Waals surface area contributed by atoms with Crippen LogP contribution in [0.4, 0.5) is 30.4 Å². The molecule has 2 aromatic heterocycles. The highest BCUT2D eigenvalue weighted by Gasteiger charge is 2.23. The van der Waals surface area contributed by atoms with Crippen molar-refractivity contribution in [2.24, 2.45) is 17.5 Å². The number of rotatable bonds is 5. The van der Waals surface area contributed by atoms with E-state index in [4.69, 9.17) is 11.6 Å². The van der Waals surface area contributed by atoms with Gasteiger partial charge in [-0.25, -0.2) is 24.0 Å². The fourth-order valence-corrected chi connectivity index (χ4v) is 3.62. The van der Waals surface area contributed by atoms with E-state index in [1.807, 2.05) is 4.90 Å². The average molecular weight is 445 g/mol. The largest absolute Gasteiger partial charge is 0.393 e. The maximum absolute atomic E-state index is 14.6. The molecule has 1 fully saturated rings. The number of pyridine rings is 1. The molecule has 0 radical (unpaired) electrons. The monoisotopic (exact) mass is 445 g/mol. The van der Waals surface area contributed by atoms with Crippen molar-refractivity contribution >= 4 is 34.0 Å². The first-order chi connectivity index (χ1) is 15.2. The summed E-state index contributed by atoms with van der Waals surface area (Å²) in [5, 5.41) is 3.75. The molecule has 1 amide bonds. The van der Waals surface area contributed by atoms with Gasteiger partial charge in [-0.1, -0.05) is 6.92 Å². The molecule has 1 aliphatic heterocycles. The minimum atomic E-state index is -1.05. The number of hydrazine groups is 1. The fraction of sp³-hybridized carbons (Fsp3) is 0.238. The van der Waals surface area contributed by atoms with Gasteiger partial charge >= 0.3 is 0 Å². The summed E-state index contributed by atoms with van der Waals surface area (Å²) in [6.45, 7) is 3.55. The Kier molecular flexibility index (Phi) is 5.66. The first-order valence-corrected chi connectivity index (χ1v) is 9.92. The molecule has 8 nitrogen and oxygen atoms in total. The highest BCUT2D eigenvalue weighted by atomic mass is 19.2. The zero-order valence-electron chi connectivity index (χ0n) is 17.2. The van der Waals surface area contributed by atoms with Crippen LogP contribution < -0.4 is 26.8 Å². The van der Waals surface area contributed by atoms with Gasteiger partial charge in [0.1, 0.15) is 5.70 Å². The summed E-state index contributed by atoms with van der Waals surface area (Å²) < 4.78 is 41.5. The standard InChI is InChI=1S/C21H22F3N7O/c1-11-2-3-30(9-11)20-16(24)4-12(7-28-20)31(26)10-17(25)21(32)29-19-8-27-18-6-15(23)14(22)5-13(18)19/h4-8,10-11,27H,2-3,9,25-26H2,1H3,(H,29,32)/b17-10-. The molecule has 1 atom stereocenters. The Balaban J connectivity index is 1.48. The Hall–Kier alpha value is -3.73. The number of nitrogens with zero attached hydrogens (tertiary/aromatic N) is 3. The Morgan fingerprint density at radius 1 is 1.28 bits per heavy atom. The summed E-state index contributed by atoms with van der Waals surface area (Å²) in [5.74, 6) is 3.30. The first-order valence-electron chi connectivity index (χ1n) is 9.92. The average Bonchev–Trinajstić information content (AvgIpc) is 3.34. The van der Waals surface area contributed by atoms with Gasteiger partial charge in [-0.15, -0.1) is 0 Å². The molecule has 1 saturated heterocycles. The summed E-state index contributed by atoms with van der Waals surface area (Å²) in [5.41, 5.74) is 6.23. The highest BCUT2D eigenvalue weighted by molar-refractivity contribution is 6.08. The lowest BCUT2D eigenvalue weighted by Crippen LogP contribution is -2.30. The van der Waals surface area contributed by atoms with Gasteiger partial charge in [0, 0.05) is 36.8 Å². The lowest BCUT2D eigenvalue weighted by molar-refractivity contribution is -0.112. The van der Waals surface area contributed by atoms with E-state index in [0.717, 1.165) is 42.9 Å². The number of nitrogens with two attached hydrogens (primary N) is 2. The number of amides is 1. The molecule has 1 aromatic carbocycles. The molecule has 1 unspecified atom stereocenters. The molecule has 1 aliphatic rings. The van der Waals surface area contributed by atoms with Crippen LogP contribution in [0.5, 0.6) is 0 Å². The number of carbonyl (C=O) groups is 1. The Bertz CT molecular complexity index is 1210. The second-order valence-corrected chi connectivity index (χ2v) is 7.80. The third-order valence-corrected chi connectivity index (χ3v) is 5.34. The number of anilines is 3. The van der Waals surface area contributed by atoms with Crippen molar-refractivity contribution in [2.45, 2.75) is 13.3 Å². The van der Waals surface area contributed by atoms with Gasteiger partial charge in [0.25, 0.3) is 5.91 Å². The van der Waals surface area contributed by atoms with Crippen LogP contribution in [0.3, 0.4) is 0 Å². The predicted octanol–water partition coefficient (Wildman–Crippen LogP) is 2.95. The number of fused-ring (bicyclic) bond motifs is 1. The molecule has 168 valence electrons. The normalized spacial score (nSPS) is 16.6. The third kappa shape index (κ3) is 4.19. The van der Waals surface area contributed by atoms with Crippen LogP contribution in [0.15, 0.2) is 42.5 Å². The van der Waals surface area contributed by atoms with E-state index in [-0.39, 0.29) is 28.3 Å². The summed E-state index contributed by atoms with van der Waals surface area (Å²) in [6.07, 6.45) is 4.85. The Morgan fingerprint density at radius 3 is 2.72 bits per heavy atom. The van der Waals surface area contributed by atoms with Gasteiger partial charge < -0.3 is 20.9 Å². The van der Waals surface area contributed by atoms with Gasteiger partial charge in [-0.05, 0) is 18.4 Å². The molecule has 0 saturated carbocycles. The molecule has 0 spiro atoms. The van der Waals surface area contributed by atoms with Gasteiger partial charge in [-0.2, -0.15) is 0 Å². The smallest absolute Gasteiger partial charge is 0.273 e. The Labute approximate surface area is 181 Å². The number of H-pyrrole nitrogens is 1. The highest BCUT2D eigenvalue weighted by Crippen LogP contribution is 2.27. The van der Waals surface area contributed by atoms with Gasteiger partial charge in [0.2, 0.25) is 0 Å². The van der Waals surface area contributed by atoms with E-state index >= 15 is 0 Å². The topological polar surface area (TPSA) is 116 Å². The van der Waals surface area contributed by atoms with Crippen molar-refractivity contribution < 1.29 is 18.0 Å². The van der Waals surface area contributed by atoms with E-state index in [9.17, 15) is 18.0 Å². The van der Waals surface area contributed by atoms with E-state index in [2.05, 4.69) is 22.2 Å². The van der Waals surface area contributed by atoms with Crippen molar-refractivity contribution in [1.29, 1.82) is 0 Å². The summed E-state index contributed by atoms with van der Waals surface area (Å²) in [7, 11) is 0. The van der Waals surface area contributed by atoms with Crippen molar-refractivity contribution in [3.8, 4) is 0 Å². The molecule has 0 bridgehead atoms. The lowest BCUT2D eigenvalue weighted by atomic mass is 10.2. The van der Waals surface area contributed by atoms with Crippen LogP contribution in [0.25, 0.3) is 10.9 Å². The zero-order valence-corrected chi connectivity index (χ0v) is 17.2. The SMILES string of the molecule is CC1CCN(c2ncc(N(N)/C=C(\N)C(=O)Nc3c[nH]c4cc(F)c(F)cc34)cc2F)C1. The van der Waals surface area contributed by atoms with Gasteiger partial charge in [-0.3, -0.25) is 9.80 Å². The van der Waals surface area contributed by atoms with E-state index in [1.54, 1.807) is 0 Å². The minimum Gasteiger partial charge on any atom is -0.393 e. The van der Waals surface area contributed by atoms with Crippen molar-refractivity contribution in [3.63, 3.8) is 0 Å². The summed E-state index contributed by atoms with van der Waals surface area (Å²) >= 11 is 0. The number of aromatic amines is 1. The van der Waals surface area contributed by atoms with Crippen molar-refractivity contribution in [1.82, 2.24) is 9.97 Å². The van der Waals surface area contributed by atoms with Crippen molar-refractivity contribution in [3.05, 3.63) is 59.9 Å². The van der Waals surface area contributed by atoms with Crippen LogP contribution in [0, 0.1) is 23.4 Å². The number of aromatic nitrogens is 2. The molecule has 6 N–H and O–H groups in total. The number of hydrogen-bond donors (Lipinski definition) is 4. The maximum Gasteiger partial charge on any atom is 0.273 e. The second kappa shape index (κ2) is 8.42. The van der Waals surface area contributed by atoms with Gasteiger partial charge in [0.05, 0.1) is 29.3 Å². The molecular formula is C21H22F3N7O. The minimum absolute atomic E-state index is 0.193. The summed E-state index contributed by atoms with van der Waals surface area (Å²) in [4.78, 5) is 21.2. The number of benzene rings is 1. The maximum atomic E-state index is 14.6. The predicted molar refractivity (Wildman–Crippen MR) is 116 cm³/mol. The number of halogens is 3. The first kappa shape index (κ1) is 21.5. The zero-order chi connectivity index (χ0) is 23.0. The number of hydrogen-bond acceptors (Lipinski definition) is 6. The molecule has 3 heterocycles. The van der Waals surface area contributed by atoms with Crippen LogP contribution in [0.2, 0.25) is 0 Å². The van der Waals surface area contributed by atoms with Crippen LogP contribution in [-0.4, -0.2) is 29.0 Å². The Morgan fingerprint density at radius 2 is 2.03 bits per heavy atom. The second-order valence-electron chi connectivity index (χ2n) is 7.80. The molecule has 3 aromatic rings. The molecule has 0 aliphatic carbocycles. The molecule has 4 rings (SSSR count). The van der Waals surface area contributed by atoms with E-state index < -0.39 is 23.4 Å².